The van der Waals surface area contributed by atoms with Crippen molar-refractivity contribution in [1.29, 1.82) is 0 Å². The van der Waals surface area contributed by atoms with Crippen LogP contribution in [0.1, 0.15) is 393 Å². The first-order valence-corrected chi connectivity index (χ1v) is 35.1. The highest BCUT2D eigenvalue weighted by Crippen LogP contribution is 2.19. The van der Waals surface area contributed by atoms with Crippen molar-refractivity contribution in [3.63, 3.8) is 0 Å². The molecule has 0 aliphatic rings. The van der Waals surface area contributed by atoms with Crippen LogP contribution in [0.3, 0.4) is 0 Å². The summed E-state index contributed by atoms with van der Waals surface area (Å²) in [5.41, 5.74) is 0. The first kappa shape index (κ1) is 75.3. The highest BCUT2D eigenvalue weighted by molar-refractivity contribution is 5.76. The molecule has 0 spiro atoms. The van der Waals surface area contributed by atoms with Crippen LogP contribution in [0, 0.1) is 0 Å². The number of hydrogen-bond acceptors (Lipinski definition) is 5. The summed E-state index contributed by atoms with van der Waals surface area (Å²) in [6, 6.07) is -0.550. The van der Waals surface area contributed by atoms with E-state index in [9.17, 15) is 19.8 Å². The SMILES string of the molecule is CCCCCCCCCCCCCCCCCCCCCCCCC(O)C(CO)NC(=O)CCCCCCCCCCCC/C=C\C=C/CCCCCOC(=O)CCCCCCCCCCCCCCCCCCCCC. The number of esters is 1. The molecule has 0 aliphatic heterocycles. The van der Waals surface area contributed by atoms with Gasteiger partial charge < -0.3 is 20.3 Å². The smallest absolute Gasteiger partial charge is 0.305 e. The van der Waals surface area contributed by atoms with Crippen molar-refractivity contribution in [2.45, 2.75) is 405 Å². The topological polar surface area (TPSA) is 95.9 Å². The Hall–Kier alpha value is -1.66. The maximum absolute atomic E-state index is 12.5. The Morgan fingerprint density at radius 1 is 0.364 bits per heavy atom. The summed E-state index contributed by atoms with van der Waals surface area (Å²) in [5.74, 6) is -0.0479. The fraction of sp³-hybridized carbons (Fsp3) is 0.915. The summed E-state index contributed by atoms with van der Waals surface area (Å²) in [6.45, 7) is 4.96. The Labute approximate surface area is 481 Å². The third-order valence-electron chi connectivity index (χ3n) is 16.5. The van der Waals surface area contributed by atoms with E-state index in [1.165, 1.54) is 289 Å². The van der Waals surface area contributed by atoms with E-state index in [-0.39, 0.29) is 18.5 Å². The molecule has 0 rings (SSSR count). The molecule has 0 aromatic heterocycles. The van der Waals surface area contributed by atoms with Gasteiger partial charge in [-0.1, -0.05) is 346 Å². The molecule has 0 saturated heterocycles. The lowest BCUT2D eigenvalue weighted by molar-refractivity contribution is -0.143. The number of carbonyl (C=O) groups is 2. The lowest BCUT2D eigenvalue weighted by Crippen LogP contribution is -2.45. The molecule has 6 nitrogen and oxygen atoms in total. The van der Waals surface area contributed by atoms with Crippen molar-refractivity contribution in [2.75, 3.05) is 13.2 Å². The number of allylic oxidation sites excluding steroid dienone is 4. The second-order valence-electron chi connectivity index (χ2n) is 24.3. The summed E-state index contributed by atoms with van der Waals surface area (Å²) in [6.07, 6.45) is 83.6. The predicted molar refractivity (Wildman–Crippen MR) is 338 cm³/mol. The Morgan fingerprint density at radius 2 is 0.636 bits per heavy atom. The van der Waals surface area contributed by atoms with Crippen LogP contribution < -0.4 is 5.32 Å². The molecule has 6 heteroatoms. The monoisotopic (exact) mass is 1080 g/mol. The molecular formula is C71H137NO5. The van der Waals surface area contributed by atoms with E-state index >= 15 is 0 Å². The number of aliphatic hydroxyl groups is 2. The molecule has 0 bridgehead atoms. The Bertz CT molecular complexity index is 1200. The number of rotatable bonds is 66. The number of ether oxygens (including phenoxy) is 1. The van der Waals surface area contributed by atoms with Gasteiger partial charge in [0, 0.05) is 12.8 Å². The fourth-order valence-corrected chi connectivity index (χ4v) is 11.2. The maximum Gasteiger partial charge on any atom is 0.305 e. The van der Waals surface area contributed by atoms with E-state index in [2.05, 4.69) is 43.5 Å². The second-order valence-corrected chi connectivity index (χ2v) is 24.3. The summed E-state index contributed by atoms with van der Waals surface area (Å²) >= 11 is 0. The molecule has 2 unspecified atom stereocenters. The van der Waals surface area contributed by atoms with E-state index in [0.29, 0.717) is 25.9 Å². The molecule has 0 heterocycles. The van der Waals surface area contributed by atoms with E-state index < -0.39 is 12.1 Å². The third-order valence-corrected chi connectivity index (χ3v) is 16.5. The van der Waals surface area contributed by atoms with Crippen molar-refractivity contribution in [2.24, 2.45) is 0 Å². The summed E-state index contributed by atoms with van der Waals surface area (Å²) in [5, 5.41) is 23.4. The zero-order chi connectivity index (χ0) is 55.7. The predicted octanol–water partition coefficient (Wildman–Crippen LogP) is 22.5. The van der Waals surface area contributed by atoms with Crippen LogP contribution in [0.25, 0.3) is 0 Å². The molecular weight excluding hydrogens is 947 g/mol. The van der Waals surface area contributed by atoms with Crippen molar-refractivity contribution in [3.05, 3.63) is 24.3 Å². The number of amides is 1. The Morgan fingerprint density at radius 3 is 0.961 bits per heavy atom. The van der Waals surface area contributed by atoms with Crippen molar-refractivity contribution >= 4 is 11.9 Å². The van der Waals surface area contributed by atoms with E-state index in [1.807, 2.05) is 0 Å². The molecule has 456 valence electrons. The average Bonchev–Trinajstić information content (AvgIpc) is 3.43. The molecule has 3 N–H and O–H groups in total. The minimum atomic E-state index is -0.672. The van der Waals surface area contributed by atoms with Crippen LogP contribution in [-0.2, 0) is 14.3 Å². The summed E-state index contributed by atoms with van der Waals surface area (Å²) in [7, 11) is 0. The zero-order valence-corrected chi connectivity index (χ0v) is 52.2. The molecule has 2 atom stereocenters. The van der Waals surface area contributed by atoms with Crippen LogP contribution in [0.15, 0.2) is 24.3 Å². The highest BCUT2D eigenvalue weighted by Gasteiger charge is 2.20. The van der Waals surface area contributed by atoms with Crippen molar-refractivity contribution < 1.29 is 24.5 Å². The lowest BCUT2D eigenvalue weighted by atomic mass is 10.0. The number of carbonyl (C=O) groups excluding carboxylic acids is 2. The summed E-state index contributed by atoms with van der Waals surface area (Å²) < 4.78 is 5.48. The number of hydrogen-bond donors (Lipinski definition) is 3. The van der Waals surface area contributed by atoms with Gasteiger partial charge in [-0.3, -0.25) is 9.59 Å². The van der Waals surface area contributed by atoms with Gasteiger partial charge in [-0.25, -0.2) is 0 Å². The fourth-order valence-electron chi connectivity index (χ4n) is 11.2. The van der Waals surface area contributed by atoms with E-state index in [0.717, 1.165) is 70.6 Å². The Balaban J connectivity index is 3.44. The lowest BCUT2D eigenvalue weighted by Gasteiger charge is -2.22. The molecule has 0 fully saturated rings. The van der Waals surface area contributed by atoms with E-state index in [1.54, 1.807) is 0 Å². The van der Waals surface area contributed by atoms with Crippen LogP contribution in [0.2, 0.25) is 0 Å². The van der Waals surface area contributed by atoms with Crippen LogP contribution in [0.5, 0.6) is 0 Å². The quantitative estimate of drug-likeness (QED) is 0.0320. The second kappa shape index (κ2) is 66.8. The maximum atomic E-state index is 12.5. The van der Waals surface area contributed by atoms with Gasteiger partial charge in [0.15, 0.2) is 0 Å². The minimum absolute atomic E-state index is 0.00745. The van der Waals surface area contributed by atoms with Crippen LogP contribution in [-0.4, -0.2) is 47.4 Å². The molecule has 77 heavy (non-hydrogen) atoms. The van der Waals surface area contributed by atoms with Gasteiger partial charge in [0.1, 0.15) is 0 Å². The molecule has 0 radical (unpaired) electrons. The van der Waals surface area contributed by atoms with Gasteiger partial charge in [0.2, 0.25) is 5.91 Å². The van der Waals surface area contributed by atoms with Gasteiger partial charge in [0.25, 0.3) is 0 Å². The third kappa shape index (κ3) is 63.4. The zero-order valence-electron chi connectivity index (χ0n) is 52.2. The molecule has 0 saturated carbocycles. The van der Waals surface area contributed by atoms with Crippen molar-refractivity contribution in [1.82, 2.24) is 5.32 Å². The molecule has 1 amide bonds. The molecule has 0 aliphatic carbocycles. The van der Waals surface area contributed by atoms with Crippen LogP contribution >= 0.6 is 0 Å². The standard InChI is InChI=1S/C71H137NO5/c1-3-5-7-9-11-13-15-17-19-21-23-24-25-28-31-35-39-43-47-51-55-59-63-69(74)68(67-73)72-70(75)64-60-56-52-48-44-40-36-32-29-26-30-34-38-42-46-50-54-58-62-66-77-71(76)65-61-57-53-49-45-41-37-33-27-22-20-18-16-14-12-10-8-6-4-2/h34,38,42,46,68-69,73-74H,3-33,35-37,39-41,43-45,47-67H2,1-2H3,(H,72,75)/b38-34-,46-42-. The highest BCUT2D eigenvalue weighted by atomic mass is 16.5. The molecule has 0 aromatic carbocycles. The minimum Gasteiger partial charge on any atom is -0.466 e. The average molecular weight is 1080 g/mol. The van der Waals surface area contributed by atoms with Crippen molar-refractivity contribution in [3.8, 4) is 0 Å². The normalized spacial score (nSPS) is 12.6. The number of nitrogens with one attached hydrogen (secondary N) is 1. The number of unbranched alkanes of at least 4 members (excludes halogenated alkanes) is 52. The van der Waals surface area contributed by atoms with E-state index in [4.69, 9.17) is 4.74 Å². The van der Waals surface area contributed by atoms with Crippen LogP contribution in [0.4, 0.5) is 0 Å². The van der Waals surface area contributed by atoms with Gasteiger partial charge in [0.05, 0.1) is 25.4 Å². The Kier molecular flexibility index (Phi) is 65.4. The first-order valence-electron chi connectivity index (χ1n) is 35.1. The molecule has 0 aromatic rings. The van der Waals surface area contributed by atoms with Gasteiger partial charge >= 0.3 is 5.97 Å². The van der Waals surface area contributed by atoms with Gasteiger partial charge in [-0.2, -0.15) is 0 Å². The largest absolute Gasteiger partial charge is 0.466 e. The van der Waals surface area contributed by atoms with Gasteiger partial charge in [-0.15, -0.1) is 0 Å². The first-order chi connectivity index (χ1) is 38.0. The van der Waals surface area contributed by atoms with Gasteiger partial charge in [-0.05, 0) is 57.8 Å². The summed E-state index contributed by atoms with van der Waals surface area (Å²) in [4.78, 5) is 24.6. The number of aliphatic hydroxyl groups excluding tert-OH is 2.